The molecule has 1 saturated heterocycles. The van der Waals surface area contributed by atoms with Gasteiger partial charge in [-0.05, 0) is 30.3 Å². The highest BCUT2D eigenvalue weighted by Gasteiger charge is 2.11. The average Bonchev–Trinajstić information content (AvgIpc) is 3.10. The maximum Gasteiger partial charge on any atom is 0.229 e. The van der Waals surface area contributed by atoms with Crippen molar-refractivity contribution in [3.05, 3.63) is 42.7 Å². The molecular weight excluding hydrogens is 344 g/mol. The molecule has 0 saturated carbocycles. The van der Waals surface area contributed by atoms with Gasteiger partial charge >= 0.3 is 0 Å². The van der Waals surface area contributed by atoms with Gasteiger partial charge in [-0.1, -0.05) is 0 Å². The first-order valence-corrected chi connectivity index (χ1v) is 8.99. The topological polar surface area (TPSA) is 98.3 Å². The van der Waals surface area contributed by atoms with E-state index in [-0.39, 0.29) is 12.3 Å². The Labute approximate surface area is 157 Å². The summed E-state index contributed by atoms with van der Waals surface area (Å²) in [7, 11) is 0. The van der Waals surface area contributed by atoms with Crippen molar-refractivity contribution in [3.8, 4) is 0 Å². The van der Waals surface area contributed by atoms with Crippen molar-refractivity contribution in [2.45, 2.75) is 13.0 Å². The number of anilines is 3. The Kier molecular flexibility index (Phi) is 4.88. The fourth-order valence-electron chi connectivity index (χ4n) is 3.15. The summed E-state index contributed by atoms with van der Waals surface area (Å²) in [4.78, 5) is 22.3. The van der Waals surface area contributed by atoms with Gasteiger partial charge in [-0.2, -0.15) is 4.98 Å². The van der Waals surface area contributed by atoms with E-state index < -0.39 is 0 Å². The number of benzene rings is 1. The molecule has 0 atom stereocenters. The van der Waals surface area contributed by atoms with Crippen LogP contribution in [0.15, 0.2) is 42.7 Å². The van der Waals surface area contributed by atoms with E-state index >= 15 is 0 Å². The lowest BCUT2D eigenvalue weighted by molar-refractivity contribution is -0.118. The average molecular weight is 366 g/mol. The van der Waals surface area contributed by atoms with E-state index in [0.29, 0.717) is 12.5 Å². The molecule has 3 N–H and O–H groups in total. The number of morpholine rings is 1. The summed E-state index contributed by atoms with van der Waals surface area (Å²) in [6.07, 6.45) is 3.94. The molecule has 0 aliphatic carbocycles. The summed E-state index contributed by atoms with van der Waals surface area (Å²) in [6.45, 7) is 3.86. The molecule has 1 fully saturated rings. The Balaban J connectivity index is 1.49. The lowest BCUT2D eigenvalue weighted by Gasteiger charge is -2.28. The van der Waals surface area contributed by atoms with Crippen LogP contribution in [0.1, 0.15) is 6.42 Å². The molecule has 3 aromatic rings. The van der Waals surface area contributed by atoms with Crippen LogP contribution >= 0.6 is 0 Å². The van der Waals surface area contributed by atoms with Crippen LogP contribution < -0.4 is 16.0 Å². The molecule has 0 spiro atoms. The smallest absolute Gasteiger partial charge is 0.229 e. The van der Waals surface area contributed by atoms with Crippen molar-refractivity contribution in [2.24, 2.45) is 5.73 Å². The van der Waals surface area contributed by atoms with Gasteiger partial charge < -0.3 is 25.3 Å². The Morgan fingerprint density at radius 2 is 1.96 bits per heavy atom. The van der Waals surface area contributed by atoms with Crippen LogP contribution in [-0.2, 0) is 16.1 Å². The van der Waals surface area contributed by atoms with Gasteiger partial charge in [-0.25, -0.2) is 4.98 Å². The molecule has 3 heterocycles. The number of fused-ring (bicyclic) bond motifs is 1. The lowest BCUT2D eigenvalue weighted by atomic mass is 10.2. The molecule has 0 unspecified atom stereocenters. The number of aromatic nitrogens is 3. The monoisotopic (exact) mass is 366 g/mol. The van der Waals surface area contributed by atoms with Crippen molar-refractivity contribution >= 4 is 34.3 Å². The fraction of sp³-hybridized carbons (Fsp3) is 0.316. The largest absolute Gasteiger partial charge is 0.378 e. The predicted octanol–water partition coefficient (Wildman–Crippen LogP) is 1.89. The molecule has 1 aliphatic rings. The number of carbonyl (C=O) groups excluding carboxylic acids is 1. The molecule has 8 nitrogen and oxygen atoms in total. The number of ether oxygens (including phenoxy) is 1. The van der Waals surface area contributed by atoms with Gasteiger partial charge in [-0.15, -0.1) is 0 Å². The summed E-state index contributed by atoms with van der Waals surface area (Å²) < 4.78 is 7.31. The summed E-state index contributed by atoms with van der Waals surface area (Å²) in [5.41, 5.74) is 8.12. The summed E-state index contributed by atoms with van der Waals surface area (Å²) >= 11 is 0. The molecule has 27 heavy (non-hydrogen) atoms. The van der Waals surface area contributed by atoms with E-state index in [4.69, 9.17) is 10.5 Å². The minimum absolute atomic E-state index is 0.277. The Morgan fingerprint density at radius 1 is 1.19 bits per heavy atom. The Bertz CT molecular complexity index is 931. The number of hydrogen-bond donors (Lipinski definition) is 2. The van der Waals surface area contributed by atoms with E-state index in [2.05, 4.69) is 32.3 Å². The van der Waals surface area contributed by atoms with Gasteiger partial charge in [0.2, 0.25) is 11.9 Å². The number of hydrogen-bond acceptors (Lipinski definition) is 6. The van der Waals surface area contributed by atoms with E-state index in [1.165, 1.54) is 5.69 Å². The first kappa shape index (κ1) is 17.3. The summed E-state index contributed by atoms with van der Waals surface area (Å²) in [6, 6.07) is 10.1. The molecule has 1 aromatic carbocycles. The summed E-state index contributed by atoms with van der Waals surface area (Å²) in [5, 5.41) is 4.16. The van der Waals surface area contributed by atoms with Crippen molar-refractivity contribution in [1.29, 1.82) is 0 Å². The number of aryl methyl sites for hydroxylation is 1. The highest BCUT2D eigenvalue weighted by Crippen LogP contribution is 2.22. The molecule has 1 amide bonds. The van der Waals surface area contributed by atoms with Crippen molar-refractivity contribution < 1.29 is 9.53 Å². The van der Waals surface area contributed by atoms with Gasteiger partial charge in [0.1, 0.15) is 5.65 Å². The Hall–Kier alpha value is -3.13. The maximum absolute atomic E-state index is 11.0. The van der Waals surface area contributed by atoms with Crippen LogP contribution in [0.25, 0.3) is 11.0 Å². The number of rotatable bonds is 6. The van der Waals surface area contributed by atoms with Crippen molar-refractivity contribution in [3.63, 3.8) is 0 Å². The van der Waals surface area contributed by atoms with E-state index in [1.54, 1.807) is 6.20 Å². The standard InChI is InChI=1S/C19H22N6O2/c20-17(26)6-8-25-7-5-14-13-21-19(23-18(14)25)22-15-1-3-16(4-2-15)24-9-11-27-12-10-24/h1-5,7,13H,6,8-12H2,(H2,20,26)(H,21,22,23). The van der Waals surface area contributed by atoms with Gasteiger partial charge in [0.05, 0.1) is 13.2 Å². The first-order valence-electron chi connectivity index (χ1n) is 8.99. The quantitative estimate of drug-likeness (QED) is 0.691. The number of nitrogens with two attached hydrogens (primary N) is 1. The molecule has 8 heteroatoms. The van der Waals surface area contributed by atoms with Gasteiger partial charge in [0.25, 0.3) is 0 Å². The van der Waals surface area contributed by atoms with Crippen molar-refractivity contribution in [2.75, 3.05) is 36.5 Å². The van der Waals surface area contributed by atoms with Gasteiger partial charge in [0, 0.05) is 55.2 Å². The second kappa shape index (κ2) is 7.63. The molecule has 1 aliphatic heterocycles. The van der Waals surface area contributed by atoms with Crippen LogP contribution in [0.3, 0.4) is 0 Å². The molecule has 2 aromatic heterocycles. The second-order valence-electron chi connectivity index (χ2n) is 6.47. The third kappa shape index (κ3) is 4.01. The van der Waals surface area contributed by atoms with Crippen LogP contribution in [0.2, 0.25) is 0 Å². The Morgan fingerprint density at radius 3 is 2.70 bits per heavy atom. The minimum Gasteiger partial charge on any atom is -0.378 e. The second-order valence-corrected chi connectivity index (χ2v) is 6.47. The minimum atomic E-state index is -0.329. The third-order valence-electron chi connectivity index (χ3n) is 4.60. The van der Waals surface area contributed by atoms with Gasteiger partial charge in [0.15, 0.2) is 0 Å². The lowest BCUT2D eigenvalue weighted by Crippen LogP contribution is -2.36. The molecule has 0 bridgehead atoms. The molecular formula is C19H22N6O2. The van der Waals surface area contributed by atoms with Crippen LogP contribution in [0.4, 0.5) is 17.3 Å². The normalized spacial score (nSPS) is 14.4. The van der Waals surface area contributed by atoms with E-state index in [1.807, 2.05) is 29.0 Å². The van der Waals surface area contributed by atoms with Crippen LogP contribution in [0, 0.1) is 0 Å². The molecule has 4 rings (SSSR count). The first-order chi connectivity index (χ1) is 13.2. The fourth-order valence-corrected chi connectivity index (χ4v) is 3.15. The van der Waals surface area contributed by atoms with Gasteiger partial charge in [-0.3, -0.25) is 4.79 Å². The zero-order chi connectivity index (χ0) is 18.6. The zero-order valence-electron chi connectivity index (χ0n) is 15.0. The summed E-state index contributed by atoms with van der Waals surface area (Å²) in [5.74, 6) is 0.185. The van der Waals surface area contributed by atoms with Crippen LogP contribution in [-0.4, -0.2) is 46.7 Å². The molecule has 0 radical (unpaired) electrons. The number of amides is 1. The SMILES string of the molecule is NC(=O)CCn1ccc2cnc(Nc3ccc(N4CCOCC4)cc3)nc21. The predicted molar refractivity (Wildman–Crippen MR) is 104 cm³/mol. The molecule has 140 valence electrons. The van der Waals surface area contributed by atoms with Crippen LogP contribution in [0.5, 0.6) is 0 Å². The van der Waals surface area contributed by atoms with E-state index in [9.17, 15) is 4.79 Å². The van der Waals surface area contributed by atoms with Crippen molar-refractivity contribution in [1.82, 2.24) is 14.5 Å². The highest BCUT2D eigenvalue weighted by atomic mass is 16.5. The number of nitrogens with one attached hydrogen (secondary N) is 1. The number of nitrogens with zero attached hydrogens (tertiary/aromatic N) is 4. The number of primary amides is 1. The third-order valence-corrected chi connectivity index (χ3v) is 4.60. The van der Waals surface area contributed by atoms with E-state index in [0.717, 1.165) is 43.0 Å². The number of carbonyl (C=O) groups is 1. The maximum atomic E-state index is 11.0. The highest BCUT2D eigenvalue weighted by molar-refractivity contribution is 5.78. The zero-order valence-corrected chi connectivity index (χ0v) is 15.0.